The van der Waals surface area contributed by atoms with E-state index in [1.165, 1.54) is 5.57 Å². The highest BCUT2D eigenvalue weighted by Gasteiger charge is 2.19. The molecule has 0 aliphatic carbocycles. The van der Waals surface area contributed by atoms with Gasteiger partial charge >= 0.3 is 0 Å². The first-order chi connectivity index (χ1) is 14.8. The van der Waals surface area contributed by atoms with E-state index in [4.69, 9.17) is 4.42 Å². The summed E-state index contributed by atoms with van der Waals surface area (Å²) >= 11 is 0. The number of furan rings is 1. The van der Waals surface area contributed by atoms with Crippen molar-refractivity contribution < 1.29 is 9.21 Å². The molecule has 4 aromatic rings. The molecule has 0 atom stereocenters. The van der Waals surface area contributed by atoms with Gasteiger partial charge in [0.1, 0.15) is 11.3 Å². The molecule has 1 aliphatic rings. The fraction of sp³-hybridized carbons (Fsp3) is 0.217. The van der Waals surface area contributed by atoms with Crippen molar-refractivity contribution in [3.63, 3.8) is 0 Å². The third-order valence-corrected chi connectivity index (χ3v) is 5.38. The van der Waals surface area contributed by atoms with Crippen LogP contribution >= 0.6 is 0 Å². The van der Waals surface area contributed by atoms with Crippen LogP contribution in [-0.4, -0.2) is 43.9 Å². The lowest BCUT2D eigenvalue weighted by Crippen LogP contribution is -2.35. The lowest BCUT2D eigenvalue weighted by molar-refractivity contribution is -0.131. The first-order valence-corrected chi connectivity index (χ1v) is 10.0. The molecule has 0 fully saturated rings. The quantitative estimate of drug-likeness (QED) is 0.510. The number of carbonyl (C=O) groups excluding carboxylic acids is 1. The number of nitrogens with zero attached hydrogens (tertiary/aromatic N) is 5. The van der Waals surface area contributed by atoms with Gasteiger partial charge in [-0.15, -0.1) is 5.10 Å². The number of benzene rings is 1. The van der Waals surface area contributed by atoms with Crippen LogP contribution in [0.25, 0.3) is 27.9 Å². The highest BCUT2D eigenvalue weighted by molar-refractivity contribution is 5.87. The van der Waals surface area contributed by atoms with Crippen molar-refractivity contribution in [2.24, 2.45) is 0 Å². The molecule has 0 N–H and O–H groups in total. The number of aryl methyl sites for hydroxylation is 1. The van der Waals surface area contributed by atoms with E-state index in [2.05, 4.69) is 39.6 Å². The molecule has 4 heterocycles. The van der Waals surface area contributed by atoms with Crippen molar-refractivity contribution in [3.05, 3.63) is 72.8 Å². The van der Waals surface area contributed by atoms with Gasteiger partial charge in [0.25, 0.3) is 0 Å². The summed E-state index contributed by atoms with van der Waals surface area (Å²) in [5, 5.41) is 8.75. The van der Waals surface area contributed by atoms with Gasteiger partial charge in [-0.1, -0.05) is 17.4 Å². The molecule has 150 valence electrons. The fourth-order valence-corrected chi connectivity index (χ4v) is 3.79. The number of pyridine rings is 1. The van der Waals surface area contributed by atoms with Gasteiger partial charge in [0.2, 0.25) is 5.91 Å². The Bertz CT molecular complexity index is 1200. The van der Waals surface area contributed by atoms with E-state index >= 15 is 0 Å². The first kappa shape index (κ1) is 18.3. The minimum atomic E-state index is 0.139. The number of hydrogen-bond donors (Lipinski definition) is 0. The fourth-order valence-electron chi connectivity index (χ4n) is 3.79. The Morgan fingerprint density at radius 1 is 1.07 bits per heavy atom. The highest BCUT2D eigenvalue weighted by Crippen LogP contribution is 2.30. The Morgan fingerprint density at radius 3 is 2.80 bits per heavy atom. The molecule has 7 nitrogen and oxygen atoms in total. The van der Waals surface area contributed by atoms with Crippen LogP contribution < -0.4 is 0 Å². The summed E-state index contributed by atoms with van der Waals surface area (Å²) in [6.45, 7) is 1.92. The zero-order valence-corrected chi connectivity index (χ0v) is 16.4. The maximum absolute atomic E-state index is 12.7. The van der Waals surface area contributed by atoms with Crippen LogP contribution in [0.4, 0.5) is 0 Å². The number of fused-ring (bicyclic) bond motifs is 1. The monoisotopic (exact) mass is 399 g/mol. The zero-order chi connectivity index (χ0) is 20.3. The van der Waals surface area contributed by atoms with E-state index in [9.17, 15) is 4.79 Å². The number of carbonyl (C=O) groups is 1. The van der Waals surface area contributed by atoms with E-state index in [1.54, 1.807) is 29.5 Å². The molecule has 0 saturated carbocycles. The van der Waals surface area contributed by atoms with E-state index < -0.39 is 0 Å². The highest BCUT2D eigenvalue weighted by atomic mass is 16.3. The molecule has 30 heavy (non-hydrogen) atoms. The number of hydrogen-bond acceptors (Lipinski definition) is 5. The molecule has 0 unspecified atom stereocenters. The summed E-state index contributed by atoms with van der Waals surface area (Å²) < 4.78 is 7.68. The minimum absolute atomic E-state index is 0.139. The van der Waals surface area contributed by atoms with Gasteiger partial charge in [-0.3, -0.25) is 14.5 Å². The smallest absolute Gasteiger partial charge is 0.224 e. The third kappa shape index (κ3) is 3.74. The zero-order valence-electron chi connectivity index (χ0n) is 16.4. The Hall–Kier alpha value is -3.74. The molecular formula is C23H21N5O2. The predicted octanol–water partition coefficient (Wildman–Crippen LogP) is 3.79. The van der Waals surface area contributed by atoms with Gasteiger partial charge in [0.05, 0.1) is 12.7 Å². The van der Waals surface area contributed by atoms with Crippen LogP contribution in [0.5, 0.6) is 0 Å². The molecule has 1 aromatic carbocycles. The molecule has 0 saturated heterocycles. The lowest BCUT2D eigenvalue weighted by atomic mass is 9.99. The number of aromatic nitrogens is 4. The van der Waals surface area contributed by atoms with Crippen LogP contribution in [0.2, 0.25) is 0 Å². The lowest BCUT2D eigenvalue weighted by Gasteiger charge is -2.27. The van der Waals surface area contributed by atoms with E-state index in [0.717, 1.165) is 40.8 Å². The minimum Gasteiger partial charge on any atom is -0.456 e. The summed E-state index contributed by atoms with van der Waals surface area (Å²) in [6, 6.07) is 12.1. The van der Waals surface area contributed by atoms with Gasteiger partial charge < -0.3 is 9.32 Å². The van der Waals surface area contributed by atoms with Gasteiger partial charge in [0, 0.05) is 49.1 Å². The Balaban J connectivity index is 1.32. The van der Waals surface area contributed by atoms with Gasteiger partial charge in [-0.2, -0.15) is 0 Å². The van der Waals surface area contributed by atoms with Gasteiger partial charge in [-0.05, 0) is 47.9 Å². The maximum Gasteiger partial charge on any atom is 0.224 e. The van der Waals surface area contributed by atoms with Crippen molar-refractivity contribution in [2.45, 2.75) is 19.4 Å². The molecule has 0 spiro atoms. The molecule has 5 rings (SSSR count). The van der Waals surface area contributed by atoms with Crippen molar-refractivity contribution >= 4 is 22.4 Å². The first-order valence-electron chi connectivity index (χ1n) is 10.0. The molecule has 1 amide bonds. The van der Waals surface area contributed by atoms with E-state index in [1.807, 2.05) is 23.1 Å². The van der Waals surface area contributed by atoms with Crippen LogP contribution in [-0.2, 0) is 11.3 Å². The van der Waals surface area contributed by atoms with Crippen molar-refractivity contribution in [3.8, 4) is 11.3 Å². The second-order valence-electron chi connectivity index (χ2n) is 7.35. The van der Waals surface area contributed by atoms with Crippen LogP contribution in [0.1, 0.15) is 18.4 Å². The normalized spacial score (nSPS) is 14.1. The van der Waals surface area contributed by atoms with Crippen molar-refractivity contribution in [1.29, 1.82) is 0 Å². The SMILES string of the molecule is O=C(CCn1ccnn1)N1CCC=C(c2ccc3oc(-c4ccncc4)cc3c2)C1. The summed E-state index contributed by atoms with van der Waals surface area (Å²) in [7, 11) is 0. The predicted molar refractivity (Wildman–Crippen MR) is 113 cm³/mol. The van der Waals surface area contributed by atoms with Gasteiger partial charge in [0.15, 0.2) is 0 Å². The van der Waals surface area contributed by atoms with Crippen LogP contribution in [0.15, 0.2) is 71.7 Å². The molecule has 1 aliphatic heterocycles. The summed E-state index contributed by atoms with van der Waals surface area (Å²) in [5.74, 6) is 0.965. The largest absolute Gasteiger partial charge is 0.456 e. The average molecular weight is 399 g/mol. The molecule has 7 heteroatoms. The summed E-state index contributed by atoms with van der Waals surface area (Å²) in [4.78, 5) is 18.6. The molecular weight excluding hydrogens is 378 g/mol. The number of amides is 1. The van der Waals surface area contributed by atoms with E-state index in [0.29, 0.717) is 19.5 Å². The molecule has 0 bridgehead atoms. The summed E-state index contributed by atoms with van der Waals surface area (Å²) in [6.07, 6.45) is 10.4. The number of rotatable bonds is 5. The summed E-state index contributed by atoms with van der Waals surface area (Å²) in [5.41, 5.74) is 4.15. The van der Waals surface area contributed by atoms with Gasteiger partial charge in [-0.25, -0.2) is 0 Å². The Kier molecular flexibility index (Phi) is 4.85. The maximum atomic E-state index is 12.7. The molecule has 0 radical (unpaired) electrons. The topological polar surface area (TPSA) is 77.0 Å². The Morgan fingerprint density at radius 2 is 1.97 bits per heavy atom. The average Bonchev–Trinajstić information content (AvgIpc) is 3.47. The van der Waals surface area contributed by atoms with Crippen molar-refractivity contribution in [2.75, 3.05) is 13.1 Å². The second-order valence-corrected chi connectivity index (χ2v) is 7.35. The van der Waals surface area contributed by atoms with E-state index in [-0.39, 0.29) is 5.91 Å². The standard InChI is InChI=1S/C23H21N5O2/c29-23(7-12-28-13-10-25-26-28)27-11-1-2-19(16-27)18-3-4-21-20(14-18)15-22(30-21)17-5-8-24-9-6-17/h2-6,8-10,13-15H,1,7,11-12,16H2. The Labute approximate surface area is 173 Å². The second kappa shape index (κ2) is 7.94. The van der Waals surface area contributed by atoms with Crippen LogP contribution in [0, 0.1) is 0 Å². The molecule has 3 aromatic heterocycles. The van der Waals surface area contributed by atoms with Crippen molar-refractivity contribution in [1.82, 2.24) is 24.9 Å². The van der Waals surface area contributed by atoms with Crippen LogP contribution in [0.3, 0.4) is 0 Å². The third-order valence-electron chi connectivity index (χ3n) is 5.38.